The number of halogens is 1. The summed E-state index contributed by atoms with van der Waals surface area (Å²) in [4.78, 5) is 19.4. The Morgan fingerprint density at radius 1 is 1.43 bits per heavy atom. The molecule has 0 aliphatic carbocycles. The lowest BCUT2D eigenvalue weighted by Gasteiger charge is -2.04. The Balaban J connectivity index is 1.88. The van der Waals surface area contributed by atoms with E-state index in [0.29, 0.717) is 27.1 Å². The normalized spacial score (nSPS) is 10.5. The average molecular weight is 317 g/mol. The molecule has 0 spiro atoms. The van der Waals surface area contributed by atoms with Gasteiger partial charge in [0.05, 0.1) is 6.20 Å². The summed E-state index contributed by atoms with van der Waals surface area (Å²) in [7, 11) is 0. The first-order valence-corrected chi connectivity index (χ1v) is 7.26. The van der Waals surface area contributed by atoms with E-state index >= 15 is 0 Å². The number of anilines is 1. The Labute approximate surface area is 128 Å². The minimum atomic E-state index is -0.158. The lowest BCUT2D eigenvalue weighted by molar-refractivity contribution is 1.08. The van der Waals surface area contributed by atoms with Crippen molar-refractivity contribution in [2.45, 2.75) is 6.54 Å². The van der Waals surface area contributed by atoms with E-state index in [9.17, 15) is 4.79 Å². The molecule has 0 aliphatic heterocycles. The topological polar surface area (TPSA) is 81.6 Å². The third-order valence-electron chi connectivity index (χ3n) is 2.93. The smallest absolute Gasteiger partial charge is 0.253 e. The summed E-state index contributed by atoms with van der Waals surface area (Å²) >= 11 is 7.20. The first-order chi connectivity index (χ1) is 10.2. The highest BCUT2D eigenvalue weighted by atomic mass is 35.5. The maximum atomic E-state index is 12.0. The van der Waals surface area contributed by atoms with Gasteiger partial charge in [-0.2, -0.15) is 5.26 Å². The van der Waals surface area contributed by atoms with Crippen molar-refractivity contribution in [3.05, 3.63) is 56.3 Å². The number of hydrogen-bond acceptors (Lipinski definition) is 5. The van der Waals surface area contributed by atoms with E-state index in [0.717, 1.165) is 10.9 Å². The van der Waals surface area contributed by atoms with Gasteiger partial charge in [0.2, 0.25) is 0 Å². The summed E-state index contributed by atoms with van der Waals surface area (Å²) in [6.45, 7) is 0.330. The second kappa shape index (κ2) is 5.56. The van der Waals surface area contributed by atoms with Gasteiger partial charge in [-0.3, -0.25) is 4.79 Å². The zero-order valence-corrected chi connectivity index (χ0v) is 12.3. The Kier molecular flexibility index (Phi) is 3.60. The minimum absolute atomic E-state index is 0.158. The second-order valence-corrected chi connectivity index (χ2v) is 5.82. The Hall–Kier alpha value is -2.36. The van der Waals surface area contributed by atoms with E-state index in [4.69, 9.17) is 16.9 Å². The molecule has 3 rings (SSSR count). The monoisotopic (exact) mass is 316 g/mol. The largest absolute Gasteiger partial charge is 0.357 e. The molecule has 0 atom stereocenters. The molecule has 2 N–H and O–H groups in total. The van der Waals surface area contributed by atoms with Gasteiger partial charge in [0.25, 0.3) is 5.56 Å². The molecule has 2 heterocycles. The number of nitriles is 1. The zero-order chi connectivity index (χ0) is 14.8. The predicted octanol–water partition coefficient (Wildman–Crippen LogP) is 3.12. The van der Waals surface area contributed by atoms with Crippen molar-refractivity contribution in [2.24, 2.45) is 0 Å². The molecule has 0 unspecified atom stereocenters. The van der Waals surface area contributed by atoms with Crippen LogP contribution in [0.2, 0.25) is 5.02 Å². The third kappa shape index (κ3) is 2.89. The quantitative estimate of drug-likeness (QED) is 0.778. The van der Waals surface area contributed by atoms with Crippen LogP contribution >= 0.6 is 22.9 Å². The fraction of sp³-hybridized carbons (Fsp3) is 0.0714. The third-order valence-corrected chi connectivity index (χ3v) is 4.02. The Bertz CT molecular complexity index is 909. The number of thiazole rings is 1. The van der Waals surface area contributed by atoms with Gasteiger partial charge in [-0.15, -0.1) is 0 Å². The predicted molar refractivity (Wildman–Crippen MR) is 83.7 cm³/mol. The van der Waals surface area contributed by atoms with Crippen LogP contribution < -0.4 is 10.9 Å². The van der Waals surface area contributed by atoms with Crippen molar-refractivity contribution in [3.63, 3.8) is 0 Å². The number of hydrogen-bond donors (Lipinski definition) is 2. The van der Waals surface area contributed by atoms with E-state index in [-0.39, 0.29) is 5.56 Å². The van der Waals surface area contributed by atoms with E-state index in [1.54, 1.807) is 24.3 Å². The number of H-pyrrole nitrogens is 1. The molecule has 21 heavy (non-hydrogen) atoms. The Morgan fingerprint density at radius 3 is 3.05 bits per heavy atom. The highest BCUT2D eigenvalue weighted by Crippen LogP contribution is 2.19. The van der Waals surface area contributed by atoms with Crippen LogP contribution in [0.5, 0.6) is 0 Å². The molecule has 0 radical (unpaired) electrons. The molecule has 0 saturated carbocycles. The molecule has 0 bridgehead atoms. The SMILES string of the molecule is N#Cc1cnc(NCc2cc3cc(Cl)ccc3[nH]c2=O)s1. The zero-order valence-electron chi connectivity index (χ0n) is 10.7. The van der Waals surface area contributed by atoms with Crippen LogP contribution in [0.25, 0.3) is 10.9 Å². The van der Waals surface area contributed by atoms with Crippen molar-refractivity contribution in [2.75, 3.05) is 5.32 Å². The molecule has 3 aromatic rings. The van der Waals surface area contributed by atoms with Crippen molar-refractivity contribution in [1.29, 1.82) is 5.26 Å². The van der Waals surface area contributed by atoms with Crippen LogP contribution in [0, 0.1) is 11.3 Å². The molecular formula is C14H9ClN4OS. The van der Waals surface area contributed by atoms with E-state index in [2.05, 4.69) is 15.3 Å². The number of pyridine rings is 1. The number of benzene rings is 1. The van der Waals surface area contributed by atoms with Gasteiger partial charge < -0.3 is 10.3 Å². The summed E-state index contributed by atoms with van der Waals surface area (Å²) in [5.41, 5.74) is 1.17. The van der Waals surface area contributed by atoms with E-state index < -0.39 is 0 Å². The van der Waals surface area contributed by atoms with Gasteiger partial charge in [0.15, 0.2) is 5.13 Å². The number of nitrogens with one attached hydrogen (secondary N) is 2. The fourth-order valence-corrected chi connectivity index (χ4v) is 2.72. The van der Waals surface area contributed by atoms with Gasteiger partial charge in [0.1, 0.15) is 10.9 Å². The van der Waals surface area contributed by atoms with E-state index in [1.807, 2.05) is 6.07 Å². The molecule has 5 nitrogen and oxygen atoms in total. The van der Waals surface area contributed by atoms with E-state index in [1.165, 1.54) is 17.5 Å². The van der Waals surface area contributed by atoms with Crippen LogP contribution in [0.3, 0.4) is 0 Å². The summed E-state index contributed by atoms with van der Waals surface area (Å²) < 4.78 is 0. The maximum Gasteiger partial charge on any atom is 0.253 e. The van der Waals surface area contributed by atoms with Crippen LogP contribution in [0.1, 0.15) is 10.4 Å². The summed E-state index contributed by atoms with van der Waals surface area (Å²) in [5, 5.41) is 13.9. The van der Waals surface area contributed by atoms with Crippen LogP contribution in [0.15, 0.2) is 35.3 Å². The maximum absolute atomic E-state index is 12.0. The van der Waals surface area contributed by atoms with Crippen molar-refractivity contribution in [1.82, 2.24) is 9.97 Å². The van der Waals surface area contributed by atoms with Gasteiger partial charge in [-0.05, 0) is 24.3 Å². The molecule has 1 aromatic carbocycles. The van der Waals surface area contributed by atoms with Crippen LogP contribution in [-0.4, -0.2) is 9.97 Å². The first kappa shape index (κ1) is 13.6. The lowest BCUT2D eigenvalue weighted by Crippen LogP contribution is -2.15. The summed E-state index contributed by atoms with van der Waals surface area (Å²) in [5.74, 6) is 0. The lowest BCUT2D eigenvalue weighted by atomic mass is 10.1. The highest BCUT2D eigenvalue weighted by molar-refractivity contribution is 7.16. The van der Waals surface area contributed by atoms with Crippen molar-refractivity contribution < 1.29 is 0 Å². The molecule has 0 saturated heterocycles. The molecule has 7 heteroatoms. The molecule has 0 amide bonds. The highest BCUT2D eigenvalue weighted by Gasteiger charge is 2.05. The van der Waals surface area contributed by atoms with Crippen molar-refractivity contribution in [3.8, 4) is 6.07 Å². The minimum Gasteiger partial charge on any atom is -0.357 e. The first-order valence-electron chi connectivity index (χ1n) is 6.07. The number of rotatable bonds is 3. The molecular weight excluding hydrogens is 308 g/mol. The fourth-order valence-electron chi connectivity index (χ4n) is 1.93. The summed E-state index contributed by atoms with van der Waals surface area (Å²) in [6.07, 6.45) is 1.50. The van der Waals surface area contributed by atoms with Gasteiger partial charge >= 0.3 is 0 Å². The van der Waals surface area contributed by atoms with Crippen molar-refractivity contribution >= 4 is 39.0 Å². The number of fused-ring (bicyclic) bond motifs is 1. The second-order valence-electron chi connectivity index (χ2n) is 4.35. The van der Waals surface area contributed by atoms with Crippen LogP contribution in [-0.2, 0) is 6.54 Å². The molecule has 104 valence electrons. The molecule has 2 aromatic heterocycles. The number of nitrogens with zero attached hydrogens (tertiary/aromatic N) is 2. The Morgan fingerprint density at radius 2 is 2.29 bits per heavy atom. The van der Waals surface area contributed by atoms with Gasteiger partial charge in [0, 0.05) is 28.0 Å². The van der Waals surface area contributed by atoms with Gasteiger partial charge in [-0.25, -0.2) is 4.98 Å². The standard InChI is InChI=1S/C14H9ClN4OS/c15-10-1-2-12-8(4-10)3-9(13(20)19-12)6-17-14-18-7-11(5-16)21-14/h1-4,7H,6H2,(H,17,18)(H,19,20). The average Bonchev–Trinajstić information content (AvgIpc) is 2.93. The molecule has 0 aliphatic rings. The summed E-state index contributed by atoms with van der Waals surface area (Å²) in [6, 6.07) is 9.12. The van der Waals surface area contributed by atoms with Gasteiger partial charge in [-0.1, -0.05) is 22.9 Å². The van der Waals surface area contributed by atoms with Crippen LogP contribution in [0.4, 0.5) is 5.13 Å². The number of aromatic amines is 1. The molecule has 0 fully saturated rings. The number of aromatic nitrogens is 2.